The molecule has 1 aliphatic carbocycles. The molecule has 0 aliphatic heterocycles. The first-order chi connectivity index (χ1) is 10.1. The van der Waals surface area contributed by atoms with Gasteiger partial charge in [0.15, 0.2) is 0 Å². The average molecular weight is 311 g/mol. The van der Waals surface area contributed by atoms with Crippen LogP contribution >= 0.6 is 11.6 Å². The fourth-order valence-electron chi connectivity index (χ4n) is 3.02. The number of nitrogens with one attached hydrogen (secondary N) is 1. The van der Waals surface area contributed by atoms with E-state index in [-0.39, 0.29) is 10.6 Å². The number of nitrogens with zero attached hydrogens (tertiary/aromatic N) is 1. The van der Waals surface area contributed by atoms with E-state index in [9.17, 15) is 10.1 Å². The van der Waals surface area contributed by atoms with Gasteiger partial charge in [0.1, 0.15) is 0 Å². The van der Waals surface area contributed by atoms with Crippen molar-refractivity contribution in [1.29, 1.82) is 0 Å². The van der Waals surface area contributed by atoms with Gasteiger partial charge >= 0.3 is 0 Å². The van der Waals surface area contributed by atoms with Gasteiger partial charge in [-0.15, -0.1) is 0 Å². The molecule has 1 aromatic carbocycles. The largest absolute Gasteiger partial charge is 0.312 e. The van der Waals surface area contributed by atoms with Gasteiger partial charge in [-0.3, -0.25) is 10.1 Å². The highest BCUT2D eigenvalue weighted by molar-refractivity contribution is 6.30. The smallest absolute Gasteiger partial charge is 0.273 e. The van der Waals surface area contributed by atoms with Gasteiger partial charge in [0, 0.05) is 23.2 Å². The Kier molecular flexibility index (Phi) is 6.00. The van der Waals surface area contributed by atoms with Crippen LogP contribution in [0.4, 0.5) is 5.69 Å². The Hall–Kier alpha value is -1.13. The van der Waals surface area contributed by atoms with Crippen LogP contribution in [0.15, 0.2) is 18.2 Å². The second-order valence-electron chi connectivity index (χ2n) is 6.12. The van der Waals surface area contributed by atoms with E-state index >= 15 is 0 Å². The number of hydrogen-bond donors (Lipinski definition) is 1. The van der Waals surface area contributed by atoms with E-state index < -0.39 is 0 Å². The summed E-state index contributed by atoms with van der Waals surface area (Å²) in [6, 6.07) is 4.71. The van der Waals surface area contributed by atoms with Crippen LogP contribution in [0.3, 0.4) is 0 Å². The maximum Gasteiger partial charge on any atom is 0.273 e. The number of rotatable bonds is 6. The van der Waals surface area contributed by atoms with Crippen LogP contribution in [-0.4, -0.2) is 11.5 Å². The van der Waals surface area contributed by atoms with E-state index in [0.717, 1.165) is 24.8 Å². The lowest BCUT2D eigenvalue weighted by atomic mass is 9.81. The van der Waals surface area contributed by atoms with Crippen LogP contribution in [0, 0.1) is 22.0 Å². The molecule has 1 saturated carbocycles. The van der Waals surface area contributed by atoms with Crippen LogP contribution in [0.2, 0.25) is 5.02 Å². The zero-order chi connectivity index (χ0) is 15.2. The van der Waals surface area contributed by atoms with Crippen molar-refractivity contribution in [3.63, 3.8) is 0 Å². The maximum absolute atomic E-state index is 11.0. The highest BCUT2D eigenvalue weighted by atomic mass is 35.5. The first kappa shape index (κ1) is 16.2. The lowest BCUT2D eigenvalue weighted by Crippen LogP contribution is -2.21. The van der Waals surface area contributed by atoms with Gasteiger partial charge < -0.3 is 5.32 Å². The molecule has 0 saturated heterocycles. The summed E-state index contributed by atoms with van der Waals surface area (Å²) >= 11 is 5.92. The van der Waals surface area contributed by atoms with Crippen molar-refractivity contribution in [1.82, 2.24) is 5.32 Å². The molecule has 1 aliphatic rings. The topological polar surface area (TPSA) is 55.2 Å². The fraction of sp³-hybridized carbons (Fsp3) is 0.625. The molecule has 0 spiro atoms. The van der Waals surface area contributed by atoms with Gasteiger partial charge in [0.25, 0.3) is 5.69 Å². The summed E-state index contributed by atoms with van der Waals surface area (Å²) in [5.74, 6) is 1.69. The molecule has 21 heavy (non-hydrogen) atoms. The summed E-state index contributed by atoms with van der Waals surface area (Å²) < 4.78 is 0. The molecule has 4 nitrogen and oxygen atoms in total. The fourth-order valence-corrected chi connectivity index (χ4v) is 3.22. The minimum absolute atomic E-state index is 0.137. The lowest BCUT2D eigenvalue weighted by Gasteiger charge is -2.26. The number of halogens is 1. The van der Waals surface area contributed by atoms with E-state index in [0.29, 0.717) is 17.1 Å². The maximum atomic E-state index is 11.0. The van der Waals surface area contributed by atoms with E-state index in [1.165, 1.54) is 31.7 Å². The zero-order valence-electron chi connectivity index (χ0n) is 12.5. The molecule has 0 aromatic heterocycles. The molecule has 116 valence electrons. The van der Waals surface area contributed by atoms with Crippen LogP contribution in [0.1, 0.15) is 44.6 Å². The van der Waals surface area contributed by atoms with Gasteiger partial charge in [-0.25, -0.2) is 0 Å². The zero-order valence-corrected chi connectivity index (χ0v) is 13.2. The van der Waals surface area contributed by atoms with Gasteiger partial charge in [-0.2, -0.15) is 0 Å². The molecular formula is C16H23ClN2O2. The Balaban J connectivity index is 1.78. The van der Waals surface area contributed by atoms with E-state index in [2.05, 4.69) is 12.2 Å². The lowest BCUT2D eigenvalue weighted by molar-refractivity contribution is -0.385. The van der Waals surface area contributed by atoms with Gasteiger partial charge in [-0.05, 0) is 36.9 Å². The molecule has 0 atom stereocenters. The predicted octanol–water partition coefficient (Wildman–Crippen LogP) is 4.55. The van der Waals surface area contributed by atoms with Crippen molar-refractivity contribution in [3.8, 4) is 0 Å². The summed E-state index contributed by atoms with van der Waals surface area (Å²) in [6.45, 7) is 3.73. The Morgan fingerprint density at radius 3 is 2.71 bits per heavy atom. The van der Waals surface area contributed by atoms with Crippen LogP contribution in [0.5, 0.6) is 0 Å². The van der Waals surface area contributed by atoms with Crippen LogP contribution < -0.4 is 5.32 Å². The summed E-state index contributed by atoms with van der Waals surface area (Å²) in [5.41, 5.74) is 0.795. The summed E-state index contributed by atoms with van der Waals surface area (Å²) in [4.78, 5) is 10.6. The highest BCUT2D eigenvalue weighted by Gasteiger charge is 2.18. The quantitative estimate of drug-likeness (QED) is 0.476. The van der Waals surface area contributed by atoms with Crippen molar-refractivity contribution >= 4 is 17.3 Å². The third-order valence-electron chi connectivity index (χ3n) is 4.42. The SMILES string of the molecule is CC1CCC(CCNCc2cc(Cl)ccc2[N+](=O)[O-])CC1. The number of nitro benzene ring substituents is 1. The first-order valence-corrected chi connectivity index (χ1v) is 8.07. The average Bonchev–Trinajstić information content (AvgIpc) is 2.45. The second-order valence-corrected chi connectivity index (χ2v) is 6.56. The van der Waals surface area contributed by atoms with Crippen molar-refractivity contribution in [2.24, 2.45) is 11.8 Å². The Labute approximate surface area is 131 Å². The predicted molar refractivity (Wildman–Crippen MR) is 85.6 cm³/mol. The molecule has 1 N–H and O–H groups in total. The molecule has 0 heterocycles. The third-order valence-corrected chi connectivity index (χ3v) is 4.65. The van der Waals surface area contributed by atoms with Crippen molar-refractivity contribution in [2.45, 2.75) is 45.6 Å². The molecule has 0 radical (unpaired) electrons. The van der Waals surface area contributed by atoms with E-state index in [1.807, 2.05) is 0 Å². The molecule has 0 bridgehead atoms. The minimum Gasteiger partial charge on any atom is -0.312 e. The highest BCUT2D eigenvalue weighted by Crippen LogP contribution is 2.30. The summed E-state index contributed by atoms with van der Waals surface area (Å²) in [6.07, 6.45) is 6.47. The van der Waals surface area contributed by atoms with Crippen LogP contribution in [-0.2, 0) is 6.54 Å². The van der Waals surface area contributed by atoms with Gasteiger partial charge in [0.05, 0.1) is 4.92 Å². The minimum atomic E-state index is -0.351. The summed E-state index contributed by atoms with van der Waals surface area (Å²) in [5, 5.41) is 14.8. The number of benzene rings is 1. The van der Waals surface area contributed by atoms with Crippen molar-refractivity contribution in [3.05, 3.63) is 38.9 Å². The number of hydrogen-bond acceptors (Lipinski definition) is 3. The molecule has 0 unspecified atom stereocenters. The molecular weight excluding hydrogens is 288 g/mol. The van der Waals surface area contributed by atoms with Crippen LogP contribution in [0.25, 0.3) is 0 Å². The Morgan fingerprint density at radius 2 is 2.05 bits per heavy atom. The van der Waals surface area contributed by atoms with E-state index in [4.69, 9.17) is 11.6 Å². The molecule has 1 fully saturated rings. The van der Waals surface area contributed by atoms with Gasteiger partial charge in [0.2, 0.25) is 0 Å². The second kappa shape index (κ2) is 7.76. The standard InChI is InChI=1S/C16H23ClN2O2/c1-12-2-4-13(5-3-12)8-9-18-11-14-10-15(17)6-7-16(14)19(20)21/h6-7,10,12-13,18H,2-5,8-9,11H2,1H3. The molecule has 0 amide bonds. The van der Waals surface area contributed by atoms with Crippen molar-refractivity contribution < 1.29 is 4.92 Å². The number of nitro groups is 1. The monoisotopic (exact) mass is 310 g/mol. The summed E-state index contributed by atoms with van der Waals surface area (Å²) in [7, 11) is 0. The Morgan fingerprint density at radius 1 is 1.33 bits per heavy atom. The normalized spacial score (nSPS) is 22.2. The van der Waals surface area contributed by atoms with Gasteiger partial charge in [-0.1, -0.05) is 44.2 Å². The Bertz CT molecular complexity index is 485. The van der Waals surface area contributed by atoms with E-state index in [1.54, 1.807) is 12.1 Å². The van der Waals surface area contributed by atoms with Crippen molar-refractivity contribution in [2.75, 3.05) is 6.54 Å². The molecule has 2 rings (SSSR count). The molecule has 5 heteroatoms. The molecule has 1 aromatic rings. The third kappa shape index (κ3) is 4.97. The first-order valence-electron chi connectivity index (χ1n) is 7.70.